The first-order chi connectivity index (χ1) is 17.9. The van der Waals surface area contributed by atoms with Crippen molar-refractivity contribution in [1.29, 1.82) is 4.78 Å². The number of rotatable bonds is 5. The van der Waals surface area contributed by atoms with E-state index in [1.165, 1.54) is 10.7 Å². The van der Waals surface area contributed by atoms with Crippen LogP contribution in [0.2, 0.25) is 0 Å². The van der Waals surface area contributed by atoms with E-state index in [1.54, 1.807) is 19.2 Å². The Labute approximate surface area is 217 Å². The number of hydrogen-bond donors (Lipinski definition) is 3. The van der Waals surface area contributed by atoms with Crippen molar-refractivity contribution in [3.8, 4) is 5.69 Å². The number of nitrogens with zero attached hydrogens (tertiary/aromatic N) is 6. The van der Waals surface area contributed by atoms with E-state index in [9.17, 15) is 22.5 Å². The first kappa shape index (κ1) is 25.3. The summed E-state index contributed by atoms with van der Waals surface area (Å²) in [5.74, 6) is 1.73. The fraction of sp³-hybridized carbons (Fsp3) is 0.542. The predicted octanol–water partition coefficient (Wildman–Crippen LogP) is 2.71. The average molecular weight is 551 g/mol. The third kappa shape index (κ3) is 4.80. The molecule has 4 heterocycles. The Morgan fingerprint density at radius 3 is 2.55 bits per heavy atom. The Morgan fingerprint density at radius 2 is 1.89 bits per heavy atom. The number of hydrogen-bond acceptors (Lipinski definition) is 9. The van der Waals surface area contributed by atoms with E-state index in [2.05, 4.69) is 25.2 Å². The van der Waals surface area contributed by atoms with E-state index >= 15 is 0 Å². The standard InChI is InChI=1S/C24H29F3N8O2S/c1-23(36)10-16(11-23)30-22-31-20(34-13-18(14-34)33-5-7-38(28,37)8-6-33)19-12-29-35(21(19)32-22)17-4-2-3-15(9-17)24(25,26)27/h2-4,9,12,16,18,28,36H,5-8,10-11,13-14H2,1H3,(H,30,31,32)/t16-,23-. The predicted molar refractivity (Wildman–Crippen MR) is 137 cm³/mol. The van der Waals surface area contributed by atoms with Crippen LogP contribution in [0, 0.1) is 4.78 Å². The monoisotopic (exact) mass is 550 g/mol. The summed E-state index contributed by atoms with van der Waals surface area (Å²) < 4.78 is 61.4. The van der Waals surface area contributed by atoms with Gasteiger partial charge in [0.25, 0.3) is 0 Å². The highest BCUT2D eigenvalue weighted by molar-refractivity contribution is 7.92. The lowest BCUT2D eigenvalue weighted by Crippen LogP contribution is -2.62. The van der Waals surface area contributed by atoms with Crippen molar-refractivity contribution in [2.24, 2.45) is 0 Å². The highest BCUT2D eigenvalue weighted by atomic mass is 32.2. The average Bonchev–Trinajstić information content (AvgIpc) is 3.21. The molecule has 3 N–H and O–H groups in total. The van der Waals surface area contributed by atoms with Crippen LogP contribution in [0.15, 0.2) is 30.5 Å². The summed E-state index contributed by atoms with van der Waals surface area (Å²) in [6.07, 6.45) is -1.83. The molecular formula is C24H29F3N8O2S. The van der Waals surface area contributed by atoms with Crippen molar-refractivity contribution in [3.05, 3.63) is 36.0 Å². The summed E-state index contributed by atoms with van der Waals surface area (Å²) in [7, 11) is -2.47. The molecule has 14 heteroatoms. The van der Waals surface area contributed by atoms with E-state index in [0.29, 0.717) is 73.3 Å². The molecule has 0 atom stereocenters. The van der Waals surface area contributed by atoms with Gasteiger partial charge in [-0.25, -0.2) is 8.89 Å². The smallest absolute Gasteiger partial charge is 0.390 e. The van der Waals surface area contributed by atoms with Crippen molar-refractivity contribution >= 4 is 32.5 Å². The van der Waals surface area contributed by atoms with Gasteiger partial charge >= 0.3 is 6.18 Å². The summed E-state index contributed by atoms with van der Waals surface area (Å²) in [5, 5.41) is 18.4. The molecule has 3 aromatic rings. The van der Waals surface area contributed by atoms with Crippen LogP contribution >= 0.6 is 0 Å². The summed E-state index contributed by atoms with van der Waals surface area (Å²) in [5.41, 5.74) is -0.887. The van der Waals surface area contributed by atoms with Gasteiger partial charge in [0, 0.05) is 59.5 Å². The summed E-state index contributed by atoms with van der Waals surface area (Å²) in [6, 6.07) is 5.19. The third-order valence-electron chi connectivity index (χ3n) is 7.63. The van der Waals surface area contributed by atoms with Gasteiger partial charge in [-0.2, -0.15) is 28.2 Å². The van der Waals surface area contributed by atoms with Gasteiger partial charge in [0.2, 0.25) is 5.95 Å². The second-order valence-corrected chi connectivity index (χ2v) is 13.2. The molecule has 3 fully saturated rings. The number of benzene rings is 1. The van der Waals surface area contributed by atoms with Crippen LogP contribution < -0.4 is 10.2 Å². The number of anilines is 2. The maximum absolute atomic E-state index is 13.4. The normalized spacial score (nSPS) is 26.2. The second-order valence-electron chi connectivity index (χ2n) is 10.8. The molecule has 0 radical (unpaired) electrons. The van der Waals surface area contributed by atoms with E-state index in [-0.39, 0.29) is 17.8 Å². The lowest BCUT2D eigenvalue weighted by atomic mass is 9.77. The lowest BCUT2D eigenvalue weighted by Gasteiger charge is -2.47. The van der Waals surface area contributed by atoms with Crippen LogP contribution in [-0.4, -0.2) is 89.3 Å². The Morgan fingerprint density at radius 1 is 1.18 bits per heavy atom. The van der Waals surface area contributed by atoms with Gasteiger partial charge in [-0.1, -0.05) is 6.07 Å². The van der Waals surface area contributed by atoms with Crippen molar-refractivity contribution < 1.29 is 22.5 Å². The largest absolute Gasteiger partial charge is 0.416 e. The summed E-state index contributed by atoms with van der Waals surface area (Å²) >= 11 is 0. The molecule has 2 aliphatic heterocycles. The van der Waals surface area contributed by atoms with E-state index < -0.39 is 27.1 Å². The van der Waals surface area contributed by atoms with Gasteiger partial charge in [0.05, 0.1) is 28.4 Å². The zero-order valence-electron chi connectivity index (χ0n) is 20.8. The fourth-order valence-corrected chi connectivity index (χ4v) is 6.72. The molecular weight excluding hydrogens is 521 g/mol. The minimum atomic E-state index is -4.48. The van der Waals surface area contributed by atoms with Crippen LogP contribution in [0.5, 0.6) is 0 Å². The number of alkyl halides is 3. The molecule has 2 saturated heterocycles. The first-order valence-corrected chi connectivity index (χ1v) is 14.4. The number of aliphatic hydroxyl groups is 1. The Hall–Kier alpha value is -2.97. The fourth-order valence-electron chi connectivity index (χ4n) is 5.46. The molecule has 1 aromatic carbocycles. The maximum atomic E-state index is 13.4. The van der Waals surface area contributed by atoms with Crippen LogP contribution in [0.4, 0.5) is 24.9 Å². The number of nitrogens with one attached hydrogen (secondary N) is 2. The topological polar surface area (TPSA) is 123 Å². The molecule has 204 valence electrons. The molecule has 1 aliphatic carbocycles. The molecule has 38 heavy (non-hydrogen) atoms. The molecule has 0 bridgehead atoms. The van der Waals surface area contributed by atoms with Gasteiger partial charge in [-0.3, -0.25) is 9.68 Å². The van der Waals surface area contributed by atoms with Gasteiger partial charge < -0.3 is 15.3 Å². The van der Waals surface area contributed by atoms with Gasteiger partial charge in [-0.05, 0) is 38.0 Å². The number of fused-ring (bicyclic) bond motifs is 1. The van der Waals surface area contributed by atoms with Crippen LogP contribution in [-0.2, 0) is 15.9 Å². The highest BCUT2D eigenvalue weighted by Crippen LogP contribution is 2.36. The number of aromatic nitrogens is 4. The minimum Gasteiger partial charge on any atom is -0.390 e. The molecule has 10 nitrogen and oxygen atoms in total. The molecule has 0 amide bonds. The van der Waals surface area contributed by atoms with Crippen molar-refractivity contribution in [2.75, 3.05) is 47.9 Å². The summed E-state index contributed by atoms with van der Waals surface area (Å²) in [4.78, 5) is 13.7. The van der Waals surface area contributed by atoms with E-state index in [0.717, 1.165) is 12.1 Å². The lowest BCUT2D eigenvalue weighted by molar-refractivity contribution is -0.137. The van der Waals surface area contributed by atoms with E-state index in [1.807, 2.05) is 0 Å². The van der Waals surface area contributed by atoms with Gasteiger partial charge in [0.15, 0.2) is 5.65 Å². The molecule has 6 rings (SSSR count). The van der Waals surface area contributed by atoms with Crippen molar-refractivity contribution in [3.63, 3.8) is 0 Å². The zero-order chi connectivity index (χ0) is 26.9. The van der Waals surface area contributed by atoms with Gasteiger partial charge in [0.1, 0.15) is 5.82 Å². The molecule has 0 unspecified atom stereocenters. The second kappa shape index (κ2) is 8.78. The third-order valence-corrected chi connectivity index (χ3v) is 9.31. The Bertz CT molecular complexity index is 1460. The highest BCUT2D eigenvalue weighted by Gasteiger charge is 2.40. The molecule has 1 saturated carbocycles. The van der Waals surface area contributed by atoms with Gasteiger partial charge in [-0.15, -0.1) is 0 Å². The summed E-state index contributed by atoms with van der Waals surface area (Å²) in [6.45, 7) is 4.38. The first-order valence-electron chi connectivity index (χ1n) is 12.5. The Balaban J connectivity index is 1.32. The quantitative estimate of drug-likeness (QED) is 0.443. The van der Waals surface area contributed by atoms with Crippen molar-refractivity contribution in [2.45, 2.75) is 43.6 Å². The molecule has 0 spiro atoms. The van der Waals surface area contributed by atoms with Crippen LogP contribution in [0.3, 0.4) is 0 Å². The molecule has 3 aliphatic rings. The van der Waals surface area contributed by atoms with Crippen LogP contribution in [0.1, 0.15) is 25.3 Å². The minimum absolute atomic E-state index is 0.0163. The zero-order valence-corrected chi connectivity index (χ0v) is 21.6. The maximum Gasteiger partial charge on any atom is 0.416 e. The SMILES string of the molecule is C[C@]1(O)C[C@H](Nc2nc(N3CC(N4CCS(=N)(=O)CC4)C3)c3cnn(-c4cccc(C(F)(F)F)c4)c3n2)C1. The van der Waals surface area contributed by atoms with Crippen molar-refractivity contribution in [1.82, 2.24) is 24.6 Å². The Kier molecular flexibility index (Phi) is 5.85. The van der Waals surface area contributed by atoms with Crippen LogP contribution in [0.25, 0.3) is 16.7 Å². The molecule has 2 aromatic heterocycles. The number of halogens is 3. The van der Waals surface area contributed by atoms with E-state index in [4.69, 9.17) is 9.76 Å².